The Bertz CT molecular complexity index is 432. The van der Waals surface area contributed by atoms with Crippen LogP contribution in [-0.2, 0) is 4.79 Å². The van der Waals surface area contributed by atoms with Crippen LogP contribution in [-0.4, -0.2) is 32.1 Å². The third kappa shape index (κ3) is 2.68. The maximum Gasteiger partial charge on any atom is 0.262 e. The van der Waals surface area contributed by atoms with Crippen molar-refractivity contribution in [1.29, 1.82) is 0 Å². The molecule has 92 valence electrons. The minimum atomic E-state index is -0.121. The Morgan fingerprint density at radius 3 is 3.06 bits per heavy atom. The second-order valence-corrected chi connectivity index (χ2v) is 4.38. The molecule has 0 saturated heterocycles. The van der Waals surface area contributed by atoms with Crippen LogP contribution >= 0.6 is 0 Å². The largest absolute Gasteiger partial charge is 0.482 e. The number of carbonyl (C=O) groups excluding carboxylic acids is 1. The maximum atomic E-state index is 11.2. The van der Waals surface area contributed by atoms with Crippen LogP contribution in [0.25, 0.3) is 0 Å². The van der Waals surface area contributed by atoms with E-state index in [1.54, 1.807) is 0 Å². The third-order valence-electron chi connectivity index (χ3n) is 2.60. The summed E-state index contributed by atoms with van der Waals surface area (Å²) in [7, 11) is 1.97. The van der Waals surface area contributed by atoms with E-state index in [-0.39, 0.29) is 18.6 Å². The highest BCUT2D eigenvalue weighted by molar-refractivity contribution is 5.96. The van der Waals surface area contributed by atoms with Crippen molar-refractivity contribution in [1.82, 2.24) is 0 Å². The molecule has 1 aliphatic heterocycles. The average molecular weight is 235 g/mol. The highest BCUT2D eigenvalue weighted by atomic mass is 16.5. The van der Waals surface area contributed by atoms with Crippen molar-refractivity contribution >= 4 is 17.3 Å². The molecule has 0 spiro atoms. The van der Waals surface area contributed by atoms with E-state index < -0.39 is 0 Å². The number of nitrogens with zero attached hydrogens (tertiary/aromatic N) is 1. The van der Waals surface area contributed by atoms with E-state index in [1.807, 2.05) is 37.1 Å². The Kier molecular flexibility index (Phi) is 3.19. The van der Waals surface area contributed by atoms with Gasteiger partial charge < -0.3 is 20.7 Å². The summed E-state index contributed by atoms with van der Waals surface area (Å²) in [5.74, 6) is 0.590. The van der Waals surface area contributed by atoms with Crippen LogP contribution in [0.4, 0.5) is 11.4 Å². The molecule has 0 aromatic heterocycles. The number of carbonyl (C=O) groups is 1. The Labute approximate surface area is 101 Å². The summed E-state index contributed by atoms with van der Waals surface area (Å²) >= 11 is 0. The van der Waals surface area contributed by atoms with Gasteiger partial charge in [-0.1, -0.05) is 0 Å². The number of nitrogens with two attached hydrogens (primary N) is 1. The minimum absolute atomic E-state index is 0.0853. The lowest BCUT2D eigenvalue weighted by Gasteiger charge is -2.24. The minimum Gasteiger partial charge on any atom is -0.482 e. The number of hydrogen-bond donors (Lipinski definition) is 2. The number of fused-ring (bicyclic) bond motifs is 1. The van der Waals surface area contributed by atoms with Gasteiger partial charge in [0.05, 0.1) is 5.69 Å². The van der Waals surface area contributed by atoms with E-state index in [0.717, 1.165) is 17.9 Å². The van der Waals surface area contributed by atoms with E-state index in [1.165, 1.54) is 0 Å². The number of ether oxygens (including phenoxy) is 1. The monoisotopic (exact) mass is 235 g/mol. The van der Waals surface area contributed by atoms with Crippen LogP contribution in [0.15, 0.2) is 18.2 Å². The Balaban J connectivity index is 2.20. The molecule has 1 atom stereocenters. The molecule has 0 fully saturated rings. The Morgan fingerprint density at radius 1 is 1.59 bits per heavy atom. The van der Waals surface area contributed by atoms with Crippen molar-refractivity contribution in [2.75, 3.05) is 30.4 Å². The summed E-state index contributed by atoms with van der Waals surface area (Å²) in [5.41, 5.74) is 7.48. The van der Waals surface area contributed by atoms with E-state index in [4.69, 9.17) is 10.5 Å². The normalized spacial score (nSPS) is 15.6. The molecular weight excluding hydrogens is 218 g/mol. The summed E-state index contributed by atoms with van der Waals surface area (Å²) in [5, 5.41) is 2.79. The molecule has 0 aliphatic carbocycles. The first-order valence-electron chi connectivity index (χ1n) is 5.59. The van der Waals surface area contributed by atoms with Crippen LogP contribution in [0.3, 0.4) is 0 Å². The van der Waals surface area contributed by atoms with Gasteiger partial charge in [-0.15, -0.1) is 0 Å². The predicted molar refractivity (Wildman–Crippen MR) is 67.5 cm³/mol. The van der Waals surface area contributed by atoms with Crippen molar-refractivity contribution in [3.63, 3.8) is 0 Å². The van der Waals surface area contributed by atoms with E-state index in [0.29, 0.717) is 5.75 Å². The van der Waals surface area contributed by atoms with Gasteiger partial charge in [-0.25, -0.2) is 0 Å². The van der Waals surface area contributed by atoms with Crippen molar-refractivity contribution < 1.29 is 9.53 Å². The molecule has 1 aliphatic rings. The lowest BCUT2D eigenvalue weighted by Crippen LogP contribution is -2.33. The second-order valence-electron chi connectivity index (χ2n) is 4.38. The predicted octanol–water partition coefficient (Wildman–Crippen LogP) is 0.801. The van der Waals surface area contributed by atoms with Crippen LogP contribution in [0.2, 0.25) is 0 Å². The van der Waals surface area contributed by atoms with Gasteiger partial charge in [0.1, 0.15) is 5.75 Å². The highest BCUT2D eigenvalue weighted by Crippen LogP contribution is 2.31. The molecule has 1 heterocycles. The van der Waals surface area contributed by atoms with Gasteiger partial charge in [0, 0.05) is 25.3 Å². The van der Waals surface area contributed by atoms with Gasteiger partial charge in [0.15, 0.2) is 6.61 Å². The highest BCUT2D eigenvalue weighted by Gasteiger charge is 2.16. The molecule has 17 heavy (non-hydrogen) atoms. The summed E-state index contributed by atoms with van der Waals surface area (Å²) in [6, 6.07) is 5.82. The molecule has 0 radical (unpaired) electrons. The van der Waals surface area contributed by atoms with Crippen molar-refractivity contribution in [2.45, 2.75) is 13.0 Å². The number of hydrogen-bond acceptors (Lipinski definition) is 4. The zero-order chi connectivity index (χ0) is 12.4. The van der Waals surface area contributed by atoms with Crippen LogP contribution in [0, 0.1) is 0 Å². The first-order valence-corrected chi connectivity index (χ1v) is 5.59. The number of amides is 1. The standard InChI is InChI=1S/C12H17N3O2/c1-8(13)6-15(2)9-3-4-11-10(5-9)14-12(16)7-17-11/h3-5,8H,6-7,13H2,1-2H3,(H,14,16). The van der Waals surface area contributed by atoms with Gasteiger partial charge >= 0.3 is 0 Å². The summed E-state index contributed by atoms with van der Waals surface area (Å²) < 4.78 is 5.30. The first kappa shape index (κ1) is 11.7. The fourth-order valence-corrected chi connectivity index (χ4v) is 1.85. The second kappa shape index (κ2) is 4.63. The number of rotatable bonds is 3. The zero-order valence-corrected chi connectivity index (χ0v) is 10.1. The zero-order valence-electron chi connectivity index (χ0n) is 10.1. The van der Waals surface area contributed by atoms with Crippen LogP contribution in [0.1, 0.15) is 6.92 Å². The van der Waals surface area contributed by atoms with Crippen LogP contribution in [0.5, 0.6) is 5.75 Å². The van der Waals surface area contributed by atoms with Crippen LogP contribution < -0.4 is 20.7 Å². The van der Waals surface area contributed by atoms with Gasteiger partial charge in [0.2, 0.25) is 0 Å². The van der Waals surface area contributed by atoms with Crippen molar-refractivity contribution in [3.05, 3.63) is 18.2 Å². The quantitative estimate of drug-likeness (QED) is 0.813. The summed E-state index contributed by atoms with van der Waals surface area (Å²) in [6.07, 6.45) is 0. The lowest BCUT2D eigenvalue weighted by molar-refractivity contribution is -0.118. The molecule has 1 aromatic rings. The average Bonchev–Trinajstić information content (AvgIpc) is 2.27. The molecule has 2 rings (SSSR count). The Hall–Kier alpha value is -1.75. The lowest BCUT2D eigenvalue weighted by atomic mass is 10.2. The van der Waals surface area contributed by atoms with Gasteiger partial charge in [-0.05, 0) is 25.1 Å². The smallest absolute Gasteiger partial charge is 0.262 e. The topological polar surface area (TPSA) is 67.6 Å². The van der Waals surface area contributed by atoms with Gasteiger partial charge in [-0.3, -0.25) is 4.79 Å². The molecule has 1 amide bonds. The number of anilines is 2. The fraction of sp³-hybridized carbons (Fsp3) is 0.417. The number of benzene rings is 1. The molecular formula is C12H17N3O2. The first-order chi connectivity index (χ1) is 8.06. The fourth-order valence-electron chi connectivity index (χ4n) is 1.85. The molecule has 1 unspecified atom stereocenters. The summed E-state index contributed by atoms with van der Waals surface area (Å²) in [6.45, 7) is 2.80. The van der Waals surface area contributed by atoms with E-state index in [2.05, 4.69) is 5.32 Å². The van der Waals surface area contributed by atoms with E-state index in [9.17, 15) is 4.79 Å². The van der Waals surface area contributed by atoms with Crippen molar-refractivity contribution in [2.24, 2.45) is 5.73 Å². The van der Waals surface area contributed by atoms with E-state index >= 15 is 0 Å². The number of likely N-dealkylation sites (N-methyl/N-ethyl adjacent to an activating group) is 1. The third-order valence-corrected chi connectivity index (χ3v) is 2.60. The van der Waals surface area contributed by atoms with Gasteiger partial charge in [0.25, 0.3) is 5.91 Å². The maximum absolute atomic E-state index is 11.2. The molecule has 0 saturated carbocycles. The van der Waals surface area contributed by atoms with Crippen molar-refractivity contribution in [3.8, 4) is 5.75 Å². The molecule has 0 bridgehead atoms. The SMILES string of the molecule is CC(N)CN(C)c1ccc2c(c1)NC(=O)CO2. The number of nitrogens with one attached hydrogen (secondary N) is 1. The molecule has 1 aromatic carbocycles. The molecule has 5 nitrogen and oxygen atoms in total. The van der Waals surface area contributed by atoms with Gasteiger partial charge in [-0.2, -0.15) is 0 Å². The molecule has 5 heteroatoms. The molecule has 3 N–H and O–H groups in total. The Morgan fingerprint density at radius 2 is 2.35 bits per heavy atom. The summed E-state index contributed by atoms with van der Waals surface area (Å²) in [4.78, 5) is 13.3.